The number of thiophene rings is 1. The molecule has 0 saturated heterocycles. The topological polar surface area (TPSA) is 75.3 Å². The molecule has 0 fully saturated rings. The first-order valence-corrected chi connectivity index (χ1v) is 8.62. The fourth-order valence-electron chi connectivity index (χ4n) is 1.53. The van der Waals surface area contributed by atoms with E-state index in [0.717, 1.165) is 21.8 Å². The summed E-state index contributed by atoms with van der Waals surface area (Å²) in [6.45, 7) is 3.64. The lowest BCUT2D eigenvalue weighted by Gasteiger charge is -2.07. The van der Waals surface area contributed by atoms with E-state index in [4.69, 9.17) is 11.6 Å². The van der Waals surface area contributed by atoms with Crippen molar-refractivity contribution >= 4 is 44.7 Å². The van der Waals surface area contributed by atoms with Gasteiger partial charge >= 0.3 is 6.03 Å². The van der Waals surface area contributed by atoms with Crippen molar-refractivity contribution in [3.63, 3.8) is 0 Å². The summed E-state index contributed by atoms with van der Waals surface area (Å²) in [6.07, 6.45) is 0. The highest BCUT2D eigenvalue weighted by Gasteiger charge is 2.20. The highest BCUT2D eigenvalue weighted by Crippen LogP contribution is 2.24. The van der Waals surface area contributed by atoms with Gasteiger partial charge in [0.2, 0.25) is 0 Å². The summed E-state index contributed by atoms with van der Waals surface area (Å²) in [4.78, 5) is 12.6. The Labute approximate surface area is 132 Å². The third-order valence-electron chi connectivity index (χ3n) is 2.74. The average Bonchev–Trinajstić information content (AvgIpc) is 2.73. The maximum atomic E-state index is 12.1. The lowest BCUT2D eigenvalue weighted by atomic mass is 10.3. The molecule has 0 unspecified atom stereocenters. The number of benzene rings is 1. The van der Waals surface area contributed by atoms with Gasteiger partial charge in [0.25, 0.3) is 10.0 Å². The number of carbonyl (C=O) groups excluding carboxylic acids is 1. The van der Waals surface area contributed by atoms with Crippen LogP contribution in [0.1, 0.15) is 10.4 Å². The molecule has 1 heterocycles. The molecule has 0 atom stereocenters. The molecule has 2 aromatic rings. The largest absolute Gasteiger partial charge is 0.333 e. The first-order valence-electron chi connectivity index (χ1n) is 5.94. The van der Waals surface area contributed by atoms with E-state index in [0.29, 0.717) is 10.7 Å². The lowest BCUT2D eigenvalue weighted by Crippen LogP contribution is -2.33. The van der Waals surface area contributed by atoms with Crippen molar-refractivity contribution in [2.24, 2.45) is 0 Å². The summed E-state index contributed by atoms with van der Waals surface area (Å²) in [5, 5.41) is 2.96. The van der Waals surface area contributed by atoms with Gasteiger partial charge in [0, 0.05) is 15.6 Å². The molecule has 0 spiro atoms. The van der Waals surface area contributed by atoms with Gasteiger partial charge in [0.1, 0.15) is 4.21 Å². The predicted molar refractivity (Wildman–Crippen MR) is 84.6 cm³/mol. The molecule has 1 aromatic carbocycles. The molecular formula is C13H13ClN2O3S2. The van der Waals surface area contributed by atoms with Crippen molar-refractivity contribution in [3.8, 4) is 0 Å². The number of nitrogens with one attached hydrogen (secondary N) is 2. The standard InChI is InChI=1S/C13H13ClN2O3S2/c1-8-7-12(20-9(8)2)21(18,19)16-13(17)15-11-5-3-10(14)4-6-11/h3-7H,1-2H3,(H2,15,16,17). The molecule has 0 aliphatic heterocycles. The average molecular weight is 345 g/mol. The highest BCUT2D eigenvalue weighted by molar-refractivity contribution is 7.92. The quantitative estimate of drug-likeness (QED) is 0.894. The van der Waals surface area contributed by atoms with Gasteiger partial charge in [-0.3, -0.25) is 0 Å². The molecule has 21 heavy (non-hydrogen) atoms. The van der Waals surface area contributed by atoms with E-state index in [9.17, 15) is 13.2 Å². The molecular weight excluding hydrogens is 332 g/mol. The number of halogens is 1. The van der Waals surface area contributed by atoms with Gasteiger partial charge in [-0.2, -0.15) is 0 Å². The van der Waals surface area contributed by atoms with Crippen molar-refractivity contribution in [1.82, 2.24) is 4.72 Å². The van der Waals surface area contributed by atoms with Crippen LogP contribution in [0, 0.1) is 13.8 Å². The number of hydrogen-bond acceptors (Lipinski definition) is 4. The predicted octanol–water partition coefficient (Wildman–Crippen LogP) is 3.53. The van der Waals surface area contributed by atoms with Crippen LogP contribution in [-0.2, 0) is 10.0 Å². The Bertz CT molecular complexity index is 748. The van der Waals surface area contributed by atoms with E-state index in [1.165, 1.54) is 6.07 Å². The summed E-state index contributed by atoms with van der Waals surface area (Å²) in [5.41, 5.74) is 1.32. The number of anilines is 1. The van der Waals surface area contributed by atoms with Gasteiger partial charge in [-0.25, -0.2) is 17.9 Å². The van der Waals surface area contributed by atoms with Crippen molar-refractivity contribution in [2.75, 3.05) is 5.32 Å². The number of urea groups is 1. The van der Waals surface area contributed by atoms with Crippen LogP contribution < -0.4 is 10.0 Å². The fraction of sp³-hybridized carbons (Fsp3) is 0.154. The molecule has 0 radical (unpaired) electrons. The Kier molecular flexibility index (Phi) is 4.55. The van der Waals surface area contributed by atoms with E-state index in [1.807, 2.05) is 18.6 Å². The Morgan fingerprint density at radius 3 is 2.33 bits per heavy atom. The fourth-order valence-corrected chi connectivity index (χ4v) is 4.08. The van der Waals surface area contributed by atoms with E-state index in [-0.39, 0.29) is 4.21 Å². The Balaban J connectivity index is 2.09. The Morgan fingerprint density at radius 2 is 1.81 bits per heavy atom. The van der Waals surface area contributed by atoms with Gasteiger partial charge in [-0.15, -0.1) is 11.3 Å². The number of rotatable bonds is 3. The van der Waals surface area contributed by atoms with Crippen LogP contribution in [0.2, 0.25) is 5.02 Å². The number of carbonyl (C=O) groups is 1. The molecule has 112 valence electrons. The minimum absolute atomic E-state index is 0.115. The molecule has 8 heteroatoms. The van der Waals surface area contributed by atoms with Crippen LogP contribution in [0.25, 0.3) is 0 Å². The zero-order valence-corrected chi connectivity index (χ0v) is 13.7. The van der Waals surface area contributed by atoms with Crippen LogP contribution in [0.5, 0.6) is 0 Å². The van der Waals surface area contributed by atoms with E-state index >= 15 is 0 Å². The second-order valence-corrected chi connectivity index (χ2v) is 7.97. The van der Waals surface area contributed by atoms with E-state index in [2.05, 4.69) is 5.32 Å². The number of sulfonamides is 1. The van der Waals surface area contributed by atoms with Crippen LogP contribution in [0.4, 0.5) is 10.5 Å². The summed E-state index contributed by atoms with van der Waals surface area (Å²) in [6, 6.07) is 7.07. The van der Waals surface area contributed by atoms with Crippen molar-refractivity contribution in [3.05, 3.63) is 45.8 Å². The first kappa shape index (κ1) is 15.8. The zero-order chi connectivity index (χ0) is 15.6. The van der Waals surface area contributed by atoms with Gasteiger partial charge < -0.3 is 5.32 Å². The van der Waals surface area contributed by atoms with Crippen LogP contribution in [-0.4, -0.2) is 14.4 Å². The van der Waals surface area contributed by atoms with Gasteiger partial charge in [0.15, 0.2) is 0 Å². The number of amides is 2. The molecule has 2 N–H and O–H groups in total. The first-order chi connectivity index (χ1) is 9.78. The Morgan fingerprint density at radius 1 is 1.19 bits per heavy atom. The van der Waals surface area contributed by atoms with Crippen molar-refractivity contribution in [1.29, 1.82) is 0 Å². The van der Waals surface area contributed by atoms with Crippen molar-refractivity contribution < 1.29 is 13.2 Å². The smallest absolute Gasteiger partial charge is 0.307 e. The van der Waals surface area contributed by atoms with Gasteiger partial charge in [-0.1, -0.05) is 11.6 Å². The summed E-state index contributed by atoms with van der Waals surface area (Å²) in [7, 11) is -3.86. The summed E-state index contributed by atoms with van der Waals surface area (Å²) < 4.78 is 26.2. The summed E-state index contributed by atoms with van der Waals surface area (Å²) >= 11 is 6.85. The monoisotopic (exact) mass is 344 g/mol. The molecule has 0 aliphatic rings. The van der Waals surface area contributed by atoms with E-state index in [1.54, 1.807) is 24.3 Å². The molecule has 0 bridgehead atoms. The zero-order valence-electron chi connectivity index (χ0n) is 11.3. The number of aryl methyl sites for hydroxylation is 2. The third-order valence-corrected chi connectivity index (χ3v) is 5.95. The summed E-state index contributed by atoms with van der Waals surface area (Å²) in [5.74, 6) is 0. The second kappa shape index (κ2) is 6.05. The van der Waals surface area contributed by atoms with Crippen LogP contribution in [0.3, 0.4) is 0 Å². The third kappa shape index (κ3) is 3.96. The second-order valence-electron chi connectivity index (χ2n) is 4.37. The highest BCUT2D eigenvalue weighted by atomic mass is 35.5. The van der Waals surface area contributed by atoms with Gasteiger partial charge in [0.05, 0.1) is 0 Å². The minimum atomic E-state index is -3.86. The lowest BCUT2D eigenvalue weighted by molar-refractivity contribution is 0.256. The SMILES string of the molecule is Cc1cc(S(=O)(=O)NC(=O)Nc2ccc(Cl)cc2)sc1C. The minimum Gasteiger partial charge on any atom is -0.307 e. The molecule has 5 nitrogen and oxygen atoms in total. The maximum Gasteiger partial charge on any atom is 0.333 e. The van der Waals surface area contributed by atoms with Crippen LogP contribution in [0.15, 0.2) is 34.5 Å². The normalized spacial score (nSPS) is 11.2. The number of hydrogen-bond donors (Lipinski definition) is 2. The maximum absolute atomic E-state index is 12.1. The molecule has 2 rings (SSSR count). The van der Waals surface area contributed by atoms with E-state index < -0.39 is 16.1 Å². The Hall–Kier alpha value is -1.57. The van der Waals surface area contributed by atoms with Crippen LogP contribution >= 0.6 is 22.9 Å². The molecule has 0 saturated carbocycles. The van der Waals surface area contributed by atoms with Gasteiger partial charge in [-0.05, 0) is 49.7 Å². The molecule has 1 aromatic heterocycles. The molecule has 0 aliphatic carbocycles. The molecule has 2 amide bonds. The van der Waals surface area contributed by atoms with Crippen molar-refractivity contribution in [2.45, 2.75) is 18.1 Å².